The van der Waals surface area contributed by atoms with Crippen molar-refractivity contribution in [3.63, 3.8) is 0 Å². The number of hydrogen-bond acceptors (Lipinski definition) is 4. The molecule has 0 aliphatic heterocycles. The molecule has 1 unspecified atom stereocenters. The monoisotopic (exact) mass is 429 g/mol. The van der Waals surface area contributed by atoms with Crippen molar-refractivity contribution in [1.29, 1.82) is 0 Å². The number of carbonyl (C=O) groups excluding carboxylic acids is 1. The zero-order valence-corrected chi connectivity index (χ0v) is 17.7. The fourth-order valence-electron chi connectivity index (χ4n) is 3.47. The molecular weight excluding hydrogens is 406 g/mol. The lowest BCUT2D eigenvalue weighted by atomic mass is 9.84. The summed E-state index contributed by atoms with van der Waals surface area (Å²) >= 11 is 3.56. The third-order valence-electron chi connectivity index (χ3n) is 5.05. The number of fused-ring (bicyclic) bond motifs is 1. The van der Waals surface area contributed by atoms with E-state index in [4.69, 9.17) is 4.74 Å². The molecule has 0 amide bonds. The Morgan fingerprint density at radius 3 is 2.74 bits per heavy atom. The normalized spacial score (nSPS) is 12.3. The zero-order chi connectivity index (χ0) is 19.6. The molecule has 0 fully saturated rings. The van der Waals surface area contributed by atoms with Crippen molar-refractivity contribution in [2.45, 2.75) is 38.4 Å². The molecule has 1 atom stereocenters. The molecule has 0 N–H and O–H groups in total. The van der Waals surface area contributed by atoms with Crippen molar-refractivity contribution in [3.8, 4) is 0 Å². The molecule has 0 saturated carbocycles. The number of alkyl halides is 1. The van der Waals surface area contributed by atoms with Crippen LogP contribution in [-0.4, -0.2) is 27.6 Å². The Morgan fingerprint density at radius 2 is 2.04 bits per heavy atom. The minimum Gasteiger partial charge on any atom is -0.466 e. The Morgan fingerprint density at radius 1 is 1.26 bits per heavy atom. The number of benzene rings is 2. The summed E-state index contributed by atoms with van der Waals surface area (Å²) in [5.41, 5.74) is 7.55. The molecule has 142 valence electrons. The summed E-state index contributed by atoms with van der Waals surface area (Å²) in [6.07, 6.45) is 0.297. The Kier molecular flexibility index (Phi) is 5.95. The fraction of sp³-hybridized carbons (Fsp3) is 0.381. The van der Waals surface area contributed by atoms with Gasteiger partial charge in [0, 0.05) is 18.3 Å². The number of carbonyl (C=O) groups is 1. The average molecular weight is 430 g/mol. The van der Waals surface area contributed by atoms with E-state index in [2.05, 4.69) is 57.4 Å². The van der Waals surface area contributed by atoms with Crippen LogP contribution in [0, 0.1) is 13.8 Å². The van der Waals surface area contributed by atoms with Gasteiger partial charge >= 0.3 is 5.97 Å². The van der Waals surface area contributed by atoms with E-state index < -0.39 is 0 Å². The van der Waals surface area contributed by atoms with E-state index in [1.165, 1.54) is 11.1 Å². The van der Waals surface area contributed by atoms with E-state index in [1.54, 1.807) is 4.68 Å². The van der Waals surface area contributed by atoms with Gasteiger partial charge in [-0.3, -0.25) is 4.79 Å². The van der Waals surface area contributed by atoms with E-state index in [0.29, 0.717) is 13.0 Å². The van der Waals surface area contributed by atoms with Crippen LogP contribution in [0.1, 0.15) is 47.1 Å². The molecule has 5 nitrogen and oxygen atoms in total. The summed E-state index contributed by atoms with van der Waals surface area (Å²) in [7, 11) is 1.88. The summed E-state index contributed by atoms with van der Waals surface area (Å²) in [5, 5.41) is 9.21. The molecule has 3 rings (SSSR count). The number of nitrogens with zero attached hydrogens (tertiary/aromatic N) is 3. The van der Waals surface area contributed by atoms with Crippen LogP contribution < -0.4 is 0 Å². The van der Waals surface area contributed by atoms with Crippen LogP contribution in [0.2, 0.25) is 0 Å². The van der Waals surface area contributed by atoms with Crippen LogP contribution in [0.25, 0.3) is 11.0 Å². The van der Waals surface area contributed by atoms with Crippen LogP contribution >= 0.6 is 15.9 Å². The smallest absolute Gasteiger partial charge is 0.306 e. The number of rotatable bonds is 6. The minimum atomic E-state index is -0.192. The summed E-state index contributed by atoms with van der Waals surface area (Å²) < 4.78 is 7.01. The predicted octanol–water partition coefficient (Wildman–Crippen LogP) is 4.57. The van der Waals surface area contributed by atoms with E-state index in [0.717, 1.165) is 33.1 Å². The van der Waals surface area contributed by atoms with Gasteiger partial charge in [0.05, 0.1) is 18.5 Å². The Hall–Kier alpha value is -2.21. The molecule has 27 heavy (non-hydrogen) atoms. The van der Waals surface area contributed by atoms with Crippen molar-refractivity contribution in [2.75, 3.05) is 6.61 Å². The first kappa shape index (κ1) is 19.5. The lowest BCUT2D eigenvalue weighted by molar-refractivity contribution is -0.143. The fourth-order valence-corrected chi connectivity index (χ4v) is 4.08. The van der Waals surface area contributed by atoms with E-state index in [-0.39, 0.29) is 11.9 Å². The van der Waals surface area contributed by atoms with Crippen molar-refractivity contribution >= 4 is 32.9 Å². The van der Waals surface area contributed by atoms with Crippen LogP contribution in [0.4, 0.5) is 0 Å². The maximum absolute atomic E-state index is 12.3. The van der Waals surface area contributed by atoms with Gasteiger partial charge in [0.1, 0.15) is 5.52 Å². The van der Waals surface area contributed by atoms with E-state index in [1.807, 2.05) is 27.0 Å². The van der Waals surface area contributed by atoms with E-state index >= 15 is 0 Å². The number of halogens is 1. The summed E-state index contributed by atoms with van der Waals surface area (Å²) in [5.74, 6) is -0.282. The lowest BCUT2D eigenvalue weighted by Crippen LogP contribution is -2.13. The van der Waals surface area contributed by atoms with Gasteiger partial charge in [0.25, 0.3) is 0 Å². The molecule has 3 aromatic rings. The molecule has 0 aliphatic rings. The van der Waals surface area contributed by atoms with Gasteiger partial charge in [-0.05, 0) is 54.7 Å². The second kappa shape index (κ2) is 8.21. The summed E-state index contributed by atoms with van der Waals surface area (Å²) in [6, 6.07) is 10.5. The largest absolute Gasteiger partial charge is 0.466 e. The topological polar surface area (TPSA) is 57.0 Å². The van der Waals surface area contributed by atoms with Crippen LogP contribution in [0.5, 0.6) is 0 Å². The first-order chi connectivity index (χ1) is 13.0. The van der Waals surface area contributed by atoms with Gasteiger partial charge in [-0.2, -0.15) is 0 Å². The van der Waals surface area contributed by atoms with Gasteiger partial charge in [-0.15, -0.1) is 5.10 Å². The molecule has 0 aliphatic carbocycles. The highest BCUT2D eigenvalue weighted by atomic mass is 79.9. The number of aryl methyl sites for hydroxylation is 3. The molecule has 6 heteroatoms. The highest BCUT2D eigenvalue weighted by Gasteiger charge is 2.23. The van der Waals surface area contributed by atoms with Gasteiger partial charge in [0.15, 0.2) is 0 Å². The Balaban J connectivity index is 2.12. The molecule has 2 aromatic carbocycles. The van der Waals surface area contributed by atoms with Crippen molar-refractivity contribution in [1.82, 2.24) is 15.0 Å². The van der Waals surface area contributed by atoms with Crippen LogP contribution in [0.15, 0.2) is 30.3 Å². The van der Waals surface area contributed by atoms with Gasteiger partial charge in [-0.1, -0.05) is 45.4 Å². The van der Waals surface area contributed by atoms with Gasteiger partial charge in [-0.25, -0.2) is 4.68 Å². The number of esters is 1. The summed E-state index contributed by atoms with van der Waals surface area (Å²) in [4.78, 5) is 12.3. The van der Waals surface area contributed by atoms with Gasteiger partial charge < -0.3 is 4.74 Å². The molecule has 0 bridgehead atoms. The minimum absolute atomic E-state index is 0.0890. The number of hydrogen-bond donors (Lipinski definition) is 0. The molecule has 1 heterocycles. The highest BCUT2D eigenvalue weighted by molar-refractivity contribution is 9.08. The molecular formula is C21H24BrN3O2. The first-order valence-electron chi connectivity index (χ1n) is 9.06. The van der Waals surface area contributed by atoms with E-state index in [9.17, 15) is 4.79 Å². The second-order valence-corrected chi connectivity index (χ2v) is 7.30. The number of aromatic nitrogens is 3. The Bertz CT molecular complexity index is 981. The molecule has 0 radical (unpaired) electrons. The molecule has 0 spiro atoms. The SMILES string of the molecule is CCOC(=O)CC(c1ccc(C)c(CBr)c1)c1ccc2c(nnn2C)c1C. The quantitative estimate of drug-likeness (QED) is 0.425. The Labute approximate surface area is 167 Å². The first-order valence-corrected chi connectivity index (χ1v) is 10.2. The third-order valence-corrected chi connectivity index (χ3v) is 5.65. The van der Waals surface area contributed by atoms with Gasteiger partial charge in [0.2, 0.25) is 0 Å². The lowest BCUT2D eigenvalue weighted by Gasteiger charge is -2.21. The maximum Gasteiger partial charge on any atom is 0.306 e. The maximum atomic E-state index is 12.3. The van der Waals surface area contributed by atoms with Crippen molar-refractivity contribution < 1.29 is 9.53 Å². The molecule has 0 saturated heterocycles. The third kappa shape index (κ3) is 3.90. The average Bonchev–Trinajstić information content (AvgIpc) is 3.03. The predicted molar refractivity (Wildman–Crippen MR) is 110 cm³/mol. The van der Waals surface area contributed by atoms with Crippen molar-refractivity contribution in [2.24, 2.45) is 7.05 Å². The standard InChI is InChI=1S/C21H24BrN3O2/c1-5-27-20(26)11-18(15-7-6-13(2)16(10-15)12-22)17-8-9-19-21(14(17)3)23-24-25(19)4/h6-10,18H,5,11-12H2,1-4H3. The summed E-state index contributed by atoms with van der Waals surface area (Å²) in [6.45, 7) is 6.36. The second-order valence-electron chi connectivity index (χ2n) is 6.74. The van der Waals surface area contributed by atoms with Crippen LogP contribution in [-0.2, 0) is 21.9 Å². The van der Waals surface area contributed by atoms with Crippen LogP contribution in [0.3, 0.4) is 0 Å². The highest BCUT2D eigenvalue weighted by Crippen LogP contribution is 2.34. The van der Waals surface area contributed by atoms with Crippen molar-refractivity contribution in [3.05, 3.63) is 58.1 Å². The zero-order valence-electron chi connectivity index (χ0n) is 16.1. The molecule has 1 aromatic heterocycles. The number of ether oxygens (including phenoxy) is 1.